The van der Waals surface area contributed by atoms with Crippen LogP contribution in [0, 0.1) is 6.92 Å². The number of hydrogen-bond acceptors (Lipinski definition) is 4. The first-order valence-electron chi connectivity index (χ1n) is 7.93. The highest BCUT2D eigenvalue weighted by molar-refractivity contribution is 7.91. The van der Waals surface area contributed by atoms with Crippen LogP contribution in [-0.4, -0.2) is 51.6 Å². The van der Waals surface area contributed by atoms with Gasteiger partial charge in [0.2, 0.25) is 0 Å². The highest BCUT2D eigenvalue weighted by Gasteiger charge is 2.28. The molecule has 0 saturated carbocycles. The molecule has 1 unspecified atom stereocenters. The first kappa shape index (κ1) is 17.6. The topological polar surface area (TPSA) is 79.8 Å². The second-order valence-electron chi connectivity index (χ2n) is 5.67. The number of nitrogens with one attached hydrogen (secondary N) is 2. The van der Waals surface area contributed by atoms with Gasteiger partial charge < -0.3 is 15.4 Å². The molecule has 0 aliphatic carbocycles. The van der Waals surface area contributed by atoms with Crippen molar-refractivity contribution in [1.82, 2.24) is 10.6 Å². The van der Waals surface area contributed by atoms with Gasteiger partial charge in [0.15, 0.2) is 15.8 Å². The predicted octanol–water partition coefficient (Wildman–Crippen LogP) is 1.12. The van der Waals surface area contributed by atoms with Gasteiger partial charge in [-0.3, -0.25) is 0 Å². The molecule has 1 aliphatic rings. The van der Waals surface area contributed by atoms with Crippen LogP contribution in [-0.2, 0) is 9.84 Å². The molecule has 1 fully saturated rings. The third kappa shape index (κ3) is 6.09. The maximum absolute atomic E-state index is 11.5. The van der Waals surface area contributed by atoms with E-state index in [-0.39, 0.29) is 17.5 Å². The minimum atomic E-state index is -2.89. The van der Waals surface area contributed by atoms with Gasteiger partial charge in [0.25, 0.3) is 0 Å². The smallest absolute Gasteiger partial charge is 0.191 e. The van der Waals surface area contributed by atoms with Crippen molar-refractivity contribution in [2.45, 2.75) is 26.3 Å². The molecule has 2 N–H and O–H groups in total. The van der Waals surface area contributed by atoms with E-state index in [2.05, 4.69) is 15.6 Å². The monoisotopic (exact) mass is 339 g/mol. The minimum absolute atomic E-state index is 0.0594. The Balaban J connectivity index is 1.80. The zero-order valence-electron chi connectivity index (χ0n) is 13.7. The maximum atomic E-state index is 11.5. The van der Waals surface area contributed by atoms with Crippen molar-refractivity contribution in [2.75, 3.05) is 31.2 Å². The Bertz CT molecular complexity index is 626. The molecule has 0 bridgehead atoms. The maximum Gasteiger partial charge on any atom is 0.191 e. The van der Waals surface area contributed by atoms with E-state index in [9.17, 15) is 8.42 Å². The molecule has 6 nitrogen and oxygen atoms in total. The van der Waals surface area contributed by atoms with Crippen LogP contribution in [0.25, 0.3) is 0 Å². The number of guanidine groups is 1. The summed E-state index contributed by atoms with van der Waals surface area (Å²) >= 11 is 0. The number of rotatable bonds is 6. The van der Waals surface area contributed by atoms with Crippen LogP contribution in [0.3, 0.4) is 0 Å². The molecule has 2 rings (SSSR count). The quantitative estimate of drug-likeness (QED) is 0.461. The first-order valence-corrected chi connectivity index (χ1v) is 9.75. The lowest BCUT2D eigenvalue weighted by Gasteiger charge is -2.15. The van der Waals surface area contributed by atoms with Gasteiger partial charge in [-0.05, 0) is 32.4 Å². The molecule has 1 aromatic carbocycles. The van der Waals surface area contributed by atoms with E-state index in [1.54, 1.807) is 0 Å². The highest BCUT2D eigenvalue weighted by atomic mass is 32.2. The summed E-state index contributed by atoms with van der Waals surface area (Å²) in [5.74, 6) is 1.89. The first-order chi connectivity index (χ1) is 11.0. The molecule has 0 spiro atoms. The Morgan fingerprint density at radius 3 is 2.70 bits per heavy atom. The number of aryl methyl sites for hydroxylation is 1. The molecular formula is C16H25N3O3S. The van der Waals surface area contributed by atoms with E-state index in [0.717, 1.165) is 12.3 Å². The third-order valence-electron chi connectivity index (χ3n) is 3.57. The average molecular weight is 339 g/mol. The van der Waals surface area contributed by atoms with Crippen LogP contribution in [0.4, 0.5) is 0 Å². The van der Waals surface area contributed by atoms with Crippen molar-refractivity contribution < 1.29 is 13.2 Å². The summed E-state index contributed by atoms with van der Waals surface area (Å²) in [6, 6.07) is 7.82. The number of nitrogens with zero attached hydrogens (tertiary/aromatic N) is 1. The van der Waals surface area contributed by atoms with Crippen molar-refractivity contribution in [1.29, 1.82) is 0 Å². The summed E-state index contributed by atoms with van der Waals surface area (Å²) in [6.45, 7) is 5.71. The molecule has 0 amide bonds. The van der Waals surface area contributed by atoms with Gasteiger partial charge in [-0.15, -0.1) is 0 Å². The molecule has 23 heavy (non-hydrogen) atoms. The molecule has 1 aliphatic heterocycles. The summed E-state index contributed by atoms with van der Waals surface area (Å²) in [4.78, 5) is 4.43. The van der Waals surface area contributed by atoms with Gasteiger partial charge in [-0.1, -0.05) is 17.7 Å². The lowest BCUT2D eigenvalue weighted by Crippen LogP contribution is -2.44. The fourth-order valence-corrected chi connectivity index (χ4v) is 4.05. The fraction of sp³-hybridized carbons (Fsp3) is 0.562. The molecule has 0 aromatic heterocycles. The van der Waals surface area contributed by atoms with Gasteiger partial charge in [0, 0.05) is 12.6 Å². The summed E-state index contributed by atoms with van der Waals surface area (Å²) in [7, 11) is -2.89. The van der Waals surface area contributed by atoms with E-state index in [4.69, 9.17) is 4.74 Å². The Kier molecular flexibility index (Phi) is 6.27. The van der Waals surface area contributed by atoms with Gasteiger partial charge >= 0.3 is 0 Å². The van der Waals surface area contributed by atoms with Crippen molar-refractivity contribution in [3.63, 3.8) is 0 Å². The van der Waals surface area contributed by atoms with E-state index in [0.29, 0.717) is 25.5 Å². The molecule has 1 atom stereocenters. The Morgan fingerprint density at radius 1 is 1.35 bits per heavy atom. The molecule has 7 heteroatoms. The Hall–Kier alpha value is -1.76. The van der Waals surface area contributed by atoms with E-state index in [1.165, 1.54) is 5.56 Å². The summed E-state index contributed by atoms with van der Waals surface area (Å²) < 4.78 is 28.6. The van der Waals surface area contributed by atoms with E-state index < -0.39 is 9.84 Å². The number of benzene rings is 1. The standard InChI is InChI=1S/C16H25N3O3S/c1-3-17-16(19-14-8-11-23(20,21)12-14)18-9-10-22-15-6-4-13(2)5-7-15/h4-7,14H,3,8-12H2,1-2H3,(H2,17,18,19). The van der Waals surface area contributed by atoms with Gasteiger partial charge in [-0.2, -0.15) is 0 Å². The molecule has 1 aromatic rings. The average Bonchev–Trinajstić information content (AvgIpc) is 2.84. The molecular weight excluding hydrogens is 314 g/mol. The molecule has 128 valence electrons. The minimum Gasteiger partial charge on any atom is -0.492 e. The zero-order chi connectivity index (χ0) is 16.7. The second kappa shape index (κ2) is 8.19. The van der Waals surface area contributed by atoms with E-state index >= 15 is 0 Å². The number of ether oxygens (including phenoxy) is 1. The third-order valence-corrected chi connectivity index (χ3v) is 5.34. The number of aliphatic imine (C=N–C) groups is 1. The Labute approximate surface area is 138 Å². The lowest BCUT2D eigenvalue weighted by atomic mass is 10.2. The van der Waals surface area contributed by atoms with Crippen molar-refractivity contribution in [2.24, 2.45) is 4.99 Å². The SMILES string of the molecule is CCNC(=NCCOc1ccc(C)cc1)NC1CCS(=O)(=O)C1. The van der Waals surface area contributed by atoms with Crippen LogP contribution in [0.2, 0.25) is 0 Å². The van der Waals surface area contributed by atoms with Crippen LogP contribution < -0.4 is 15.4 Å². The predicted molar refractivity (Wildman–Crippen MR) is 92.8 cm³/mol. The van der Waals surface area contributed by atoms with Crippen LogP contribution >= 0.6 is 0 Å². The van der Waals surface area contributed by atoms with Crippen LogP contribution in [0.5, 0.6) is 5.75 Å². The van der Waals surface area contributed by atoms with Crippen molar-refractivity contribution >= 4 is 15.8 Å². The summed E-state index contributed by atoms with van der Waals surface area (Å²) in [5.41, 5.74) is 1.19. The molecule has 1 saturated heterocycles. The normalized spacial score (nSPS) is 20.3. The lowest BCUT2D eigenvalue weighted by molar-refractivity contribution is 0.328. The van der Waals surface area contributed by atoms with Crippen molar-refractivity contribution in [3.8, 4) is 5.75 Å². The molecule has 0 radical (unpaired) electrons. The largest absolute Gasteiger partial charge is 0.492 e. The summed E-state index contributed by atoms with van der Waals surface area (Å²) in [5, 5.41) is 6.31. The van der Waals surface area contributed by atoms with Crippen molar-refractivity contribution in [3.05, 3.63) is 29.8 Å². The van der Waals surface area contributed by atoms with Gasteiger partial charge in [0.05, 0.1) is 18.1 Å². The highest BCUT2D eigenvalue weighted by Crippen LogP contribution is 2.12. The number of hydrogen-bond donors (Lipinski definition) is 2. The van der Waals surface area contributed by atoms with Crippen LogP contribution in [0.15, 0.2) is 29.3 Å². The fourth-order valence-electron chi connectivity index (χ4n) is 2.38. The molecule has 1 heterocycles. The van der Waals surface area contributed by atoms with Crippen LogP contribution in [0.1, 0.15) is 18.9 Å². The summed E-state index contributed by atoms with van der Waals surface area (Å²) in [6.07, 6.45) is 0.632. The number of sulfone groups is 1. The van der Waals surface area contributed by atoms with Gasteiger partial charge in [0.1, 0.15) is 12.4 Å². The van der Waals surface area contributed by atoms with E-state index in [1.807, 2.05) is 38.1 Å². The van der Waals surface area contributed by atoms with Gasteiger partial charge in [-0.25, -0.2) is 13.4 Å². The second-order valence-corrected chi connectivity index (χ2v) is 7.90. The zero-order valence-corrected chi connectivity index (χ0v) is 14.5. The Morgan fingerprint density at radius 2 is 2.09 bits per heavy atom.